The molecule has 4 heterocycles. The number of piperidine rings is 1. The van der Waals surface area contributed by atoms with E-state index >= 15 is 0 Å². The minimum absolute atomic E-state index is 0.0902. The third-order valence-electron chi connectivity index (χ3n) is 8.50. The topological polar surface area (TPSA) is 145 Å². The molecular formula is C35H36F5N7O4. The summed E-state index contributed by atoms with van der Waals surface area (Å²) in [5.41, 5.74) is -0.412. The van der Waals surface area contributed by atoms with Gasteiger partial charge in [-0.1, -0.05) is 13.0 Å². The van der Waals surface area contributed by atoms with Gasteiger partial charge < -0.3 is 25.1 Å². The summed E-state index contributed by atoms with van der Waals surface area (Å²) in [6.07, 6.45) is -2.99. The lowest BCUT2D eigenvalue weighted by Crippen LogP contribution is -2.44. The summed E-state index contributed by atoms with van der Waals surface area (Å²) in [6.45, 7) is 6.17. The zero-order chi connectivity index (χ0) is 37.2. The van der Waals surface area contributed by atoms with Gasteiger partial charge in [0.2, 0.25) is 0 Å². The molecule has 2 amide bonds. The van der Waals surface area contributed by atoms with Crippen LogP contribution in [0.5, 0.6) is 5.75 Å². The molecule has 11 nitrogen and oxygen atoms in total. The number of fused-ring (bicyclic) bond motifs is 1. The van der Waals surface area contributed by atoms with Crippen molar-refractivity contribution in [3.8, 4) is 22.9 Å². The average molecular weight is 714 g/mol. The van der Waals surface area contributed by atoms with E-state index < -0.39 is 54.4 Å². The average Bonchev–Trinajstić information content (AvgIpc) is 3.05. The van der Waals surface area contributed by atoms with Crippen molar-refractivity contribution >= 4 is 29.7 Å². The summed E-state index contributed by atoms with van der Waals surface area (Å²) >= 11 is 0. The highest BCUT2D eigenvalue weighted by Gasteiger charge is 2.38. The monoisotopic (exact) mass is 713 g/mol. The molecule has 1 atom stereocenters. The van der Waals surface area contributed by atoms with Crippen LogP contribution in [0.15, 0.2) is 30.5 Å². The van der Waals surface area contributed by atoms with Gasteiger partial charge in [-0.15, -0.1) is 0 Å². The lowest BCUT2D eigenvalue weighted by atomic mass is 9.90. The number of benzene rings is 1. The molecule has 2 aliphatic heterocycles. The smallest absolute Gasteiger partial charge is 0.410 e. The molecule has 5 rings (SSSR count). The number of ether oxygens (including phenoxy) is 2. The van der Waals surface area contributed by atoms with Crippen LogP contribution >= 0.6 is 0 Å². The van der Waals surface area contributed by atoms with Crippen LogP contribution in [0.25, 0.3) is 11.1 Å². The number of carbonyl (C=O) groups is 2. The number of nitrogens with one attached hydrogen (secondary N) is 2. The van der Waals surface area contributed by atoms with Crippen LogP contribution in [-0.4, -0.2) is 70.6 Å². The van der Waals surface area contributed by atoms with E-state index in [9.17, 15) is 36.8 Å². The van der Waals surface area contributed by atoms with E-state index in [2.05, 4.69) is 15.3 Å². The first-order valence-corrected chi connectivity index (χ1v) is 16.1. The molecule has 270 valence electrons. The van der Waals surface area contributed by atoms with Gasteiger partial charge in [0.25, 0.3) is 5.91 Å². The largest absolute Gasteiger partial charge is 0.482 e. The molecule has 0 radical (unpaired) electrons. The second-order valence-electron chi connectivity index (χ2n) is 13.4. The molecule has 51 heavy (non-hydrogen) atoms. The second kappa shape index (κ2) is 14.5. The molecule has 0 bridgehead atoms. The van der Waals surface area contributed by atoms with Crippen LogP contribution in [0, 0.1) is 34.3 Å². The fourth-order valence-electron chi connectivity index (χ4n) is 5.84. The number of hydrogen-bond donors (Lipinski definition) is 2. The van der Waals surface area contributed by atoms with E-state index in [0.29, 0.717) is 32.0 Å². The van der Waals surface area contributed by atoms with E-state index in [1.165, 1.54) is 23.1 Å². The van der Waals surface area contributed by atoms with Crippen LogP contribution in [0.2, 0.25) is 0 Å². The first kappa shape index (κ1) is 36.9. The van der Waals surface area contributed by atoms with Crippen LogP contribution in [0.4, 0.5) is 38.3 Å². The van der Waals surface area contributed by atoms with E-state index in [-0.39, 0.29) is 63.5 Å². The zero-order valence-corrected chi connectivity index (χ0v) is 28.3. The summed E-state index contributed by atoms with van der Waals surface area (Å²) in [6, 6.07) is 6.82. The zero-order valence-electron chi connectivity index (χ0n) is 28.3. The Kier molecular flexibility index (Phi) is 10.5. The van der Waals surface area contributed by atoms with Crippen molar-refractivity contribution in [2.45, 2.75) is 71.3 Å². The van der Waals surface area contributed by atoms with E-state index in [1.54, 1.807) is 25.7 Å². The number of likely N-dealkylation sites (tertiary alicyclic amines) is 1. The Morgan fingerprint density at radius 3 is 2.51 bits per heavy atom. The van der Waals surface area contributed by atoms with Crippen LogP contribution in [-0.2, 0) is 22.5 Å². The van der Waals surface area contributed by atoms with E-state index in [4.69, 9.17) is 14.9 Å². The van der Waals surface area contributed by atoms with Crippen molar-refractivity contribution in [1.82, 2.24) is 14.9 Å². The number of pyridine rings is 2. The standard InChI is InChI=1S/C35H36F5N7O4/c1-19(35(38,39)40)11-26-23(14-41)31(24(15-42)32(45-26)44-22-7-9-46(10-8-22)33(49)51-34(2,3)4)20-5-6-28-29(12-20)50-18-30(48)47(28)17-27-25(37)13-21(36)16-43-27/h5-6,12-13,15-16,19,22,42H,7-11,17-18H2,1-4H3,(H,44,45). The molecule has 1 unspecified atom stereocenters. The summed E-state index contributed by atoms with van der Waals surface area (Å²) in [4.78, 5) is 36.4. The highest BCUT2D eigenvalue weighted by atomic mass is 19.4. The number of aromatic nitrogens is 2. The SMILES string of the molecule is CC(Cc1nc(NC2CCN(C(=O)OC(C)(C)C)CC2)c(C=N)c(-c2ccc3c(c2)OCC(=O)N3Cc2ncc(F)cc2F)c1C#N)C(F)(F)F. The molecule has 3 aromatic rings. The molecule has 0 aliphatic carbocycles. The summed E-state index contributed by atoms with van der Waals surface area (Å²) in [5.74, 6) is -3.99. The lowest BCUT2D eigenvalue weighted by Gasteiger charge is -2.34. The normalized spacial score (nSPS) is 15.8. The summed E-state index contributed by atoms with van der Waals surface area (Å²) in [5, 5.41) is 21.9. The number of carbonyl (C=O) groups excluding carboxylic acids is 2. The van der Waals surface area contributed by atoms with Crippen molar-refractivity contribution in [1.29, 1.82) is 10.7 Å². The molecule has 2 aromatic heterocycles. The van der Waals surface area contributed by atoms with Gasteiger partial charge in [-0.05, 0) is 51.3 Å². The first-order valence-electron chi connectivity index (χ1n) is 16.1. The Labute approximate surface area is 290 Å². The molecule has 2 N–H and O–H groups in total. The Morgan fingerprint density at radius 1 is 1.20 bits per heavy atom. The Hall–Kier alpha value is -5.33. The Morgan fingerprint density at radius 2 is 1.90 bits per heavy atom. The lowest BCUT2D eigenvalue weighted by molar-refractivity contribution is -0.169. The van der Waals surface area contributed by atoms with Gasteiger partial charge in [0.15, 0.2) is 6.61 Å². The number of alkyl halides is 3. The van der Waals surface area contributed by atoms with Gasteiger partial charge in [0, 0.05) is 49.0 Å². The number of halogens is 5. The third-order valence-corrected chi connectivity index (χ3v) is 8.50. The maximum atomic E-state index is 14.5. The van der Waals surface area contributed by atoms with Crippen LogP contribution in [0.3, 0.4) is 0 Å². The maximum absolute atomic E-state index is 14.5. The van der Waals surface area contributed by atoms with E-state index in [0.717, 1.165) is 19.3 Å². The second-order valence-corrected chi connectivity index (χ2v) is 13.4. The van der Waals surface area contributed by atoms with E-state index in [1.807, 2.05) is 6.07 Å². The fraction of sp³-hybridized carbons (Fsp3) is 0.429. The predicted molar refractivity (Wildman–Crippen MR) is 176 cm³/mol. The maximum Gasteiger partial charge on any atom is 0.410 e. The highest BCUT2D eigenvalue weighted by Crippen LogP contribution is 2.41. The molecule has 1 fully saturated rings. The first-order chi connectivity index (χ1) is 24.0. The summed E-state index contributed by atoms with van der Waals surface area (Å²) < 4.78 is 80.4. The minimum atomic E-state index is -4.58. The number of rotatable bonds is 8. The number of anilines is 2. The highest BCUT2D eigenvalue weighted by molar-refractivity contribution is 6.00. The Balaban J connectivity index is 1.53. The number of hydrogen-bond acceptors (Lipinski definition) is 9. The number of nitriles is 1. The van der Waals surface area contributed by atoms with Gasteiger partial charge >= 0.3 is 12.3 Å². The van der Waals surface area contributed by atoms with Gasteiger partial charge in [-0.2, -0.15) is 18.4 Å². The quantitative estimate of drug-likeness (QED) is 0.192. The van der Waals surface area contributed by atoms with Gasteiger partial charge in [0.05, 0.1) is 41.3 Å². The molecule has 1 aromatic carbocycles. The minimum Gasteiger partial charge on any atom is -0.482 e. The van der Waals surface area contributed by atoms with Gasteiger partial charge in [0.1, 0.15) is 34.9 Å². The van der Waals surface area contributed by atoms with Crippen LogP contribution in [0.1, 0.15) is 63.1 Å². The van der Waals surface area contributed by atoms with Crippen molar-refractivity contribution < 1.29 is 41.0 Å². The van der Waals surface area contributed by atoms with Gasteiger partial charge in [-0.25, -0.2) is 18.6 Å². The molecular weight excluding hydrogens is 677 g/mol. The van der Waals surface area contributed by atoms with Crippen molar-refractivity contribution in [3.05, 3.63) is 64.6 Å². The Bertz CT molecular complexity index is 1880. The van der Waals surface area contributed by atoms with Crippen molar-refractivity contribution in [2.75, 3.05) is 29.9 Å². The molecule has 2 aliphatic rings. The molecule has 16 heteroatoms. The number of amides is 2. The van der Waals surface area contributed by atoms with Crippen molar-refractivity contribution in [2.24, 2.45) is 5.92 Å². The van der Waals surface area contributed by atoms with Crippen molar-refractivity contribution in [3.63, 3.8) is 0 Å². The molecule has 1 saturated heterocycles. The predicted octanol–water partition coefficient (Wildman–Crippen LogP) is 6.77. The molecule has 0 saturated carbocycles. The fourth-order valence-corrected chi connectivity index (χ4v) is 5.84. The number of nitrogens with zero attached hydrogens (tertiary/aromatic N) is 5. The third kappa shape index (κ3) is 8.35. The summed E-state index contributed by atoms with van der Waals surface area (Å²) in [7, 11) is 0. The van der Waals surface area contributed by atoms with Gasteiger partial charge in [-0.3, -0.25) is 14.7 Å². The van der Waals surface area contributed by atoms with Crippen LogP contribution < -0.4 is 15.0 Å². The molecule has 0 spiro atoms.